The maximum absolute atomic E-state index is 6.17. The predicted octanol–water partition coefficient (Wildman–Crippen LogP) is 2.98. The maximum Gasteiger partial charge on any atom is 0.191 e. The molecule has 1 fully saturated rings. The summed E-state index contributed by atoms with van der Waals surface area (Å²) in [6.45, 7) is 6.69. The summed E-state index contributed by atoms with van der Waals surface area (Å²) in [4.78, 5) is 4.58. The Hall–Kier alpha value is -1.30. The smallest absolute Gasteiger partial charge is 0.191 e. The zero-order chi connectivity index (χ0) is 17.0. The van der Waals surface area contributed by atoms with Crippen LogP contribution < -0.4 is 10.6 Å². The van der Waals surface area contributed by atoms with Crippen LogP contribution in [0.1, 0.15) is 31.7 Å². The molecule has 24 heavy (non-hydrogen) atoms. The van der Waals surface area contributed by atoms with E-state index in [9.17, 15) is 0 Å². The van der Waals surface area contributed by atoms with Crippen molar-refractivity contribution in [1.82, 2.24) is 10.6 Å². The van der Waals surface area contributed by atoms with E-state index in [1.807, 2.05) is 24.3 Å². The largest absolute Gasteiger partial charge is 0.381 e. The lowest BCUT2D eigenvalue weighted by atomic mass is 10.1. The molecule has 0 aliphatic carbocycles. The molecule has 6 heteroatoms. The van der Waals surface area contributed by atoms with Gasteiger partial charge in [-0.05, 0) is 37.8 Å². The number of benzene rings is 1. The molecule has 2 rings (SSSR count). The van der Waals surface area contributed by atoms with E-state index in [-0.39, 0.29) is 0 Å². The normalized spacial score (nSPS) is 16.2. The maximum atomic E-state index is 6.17. The number of aliphatic imine (C=N–C) groups is 1. The van der Waals surface area contributed by atoms with E-state index in [0.29, 0.717) is 12.6 Å². The van der Waals surface area contributed by atoms with Crippen molar-refractivity contribution in [3.8, 4) is 0 Å². The molecule has 0 radical (unpaired) electrons. The third-order valence-electron chi connectivity index (χ3n) is 3.85. The van der Waals surface area contributed by atoms with Gasteiger partial charge in [0.1, 0.15) is 0 Å². The van der Waals surface area contributed by atoms with Gasteiger partial charge in [-0.15, -0.1) is 0 Å². The second-order valence-corrected chi connectivity index (χ2v) is 6.16. The standard InChI is InChI=1S/C18H28ClN3O2/c1-2-20-18(22-14-15-6-3-4-7-17(15)19)21-10-5-11-24-16-8-12-23-13-9-16/h3-4,6-7,16H,2,5,8-14H2,1H3,(H2,20,21,22). The topological polar surface area (TPSA) is 54.9 Å². The summed E-state index contributed by atoms with van der Waals surface area (Å²) in [5, 5.41) is 7.34. The lowest BCUT2D eigenvalue weighted by Crippen LogP contribution is -2.38. The van der Waals surface area contributed by atoms with Crippen LogP contribution >= 0.6 is 11.6 Å². The Morgan fingerprint density at radius 3 is 2.83 bits per heavy atom. The Morgan fingerprint density at radius 2 is 2.08 bits per heavy atom. The number of rotatable bonds is 8. The first-order valence-electron chi connectivity index (χ1n) is 8.74. The molecule has 1 aromatic carbocycles. The van der Waals surface area contributed by atoms with Crippen molar-refractivity contribution in [2.24, 2.45) is 4.99 Å². The van der Waals surface area contributed by atoms with Crippen LogP contribution in [0.3, 0.4) is 0 Å². The van der Waals surface area contributed by atoms with Crippen LogP contribution in [-0.2, 0) is 16.0 Å². The molecule has 1 saturated heterocycles. The first kappa shape index (κ1) is 19.0. The third kappa shape index (κ3) is 7.07. The minimum Gasteiger partial charge on any atom is -0.381 e. The molecule has 134 valence electrons. The van der Waals surface area contributed by atoms with Gasteiger partial charge in [0.15, 0.2) is 5.96 Å². The highest BCUT2D eigenvalue weighted by Gasteiger charge is 2.13. The highest BCUT2D eigenvalue weighted by Crippen LogP contribution is 2.15. The van der Waals surface area contributed by atoms with Gasteiger partial charge in [-0.2, -0.15) is 0 Å². The molecule has 1 heterocycles. The molecule has 0 aromatic heterocycles. The predicted molar refractivity (Wildman–Crippen MR) is 98.7 cm³/mol. The SMILES string of the molecule is CCNC(=NCc1ccccc1Cl)NCCCOC1CCOCC1. The zero-order valence-electron chi connectivity index (χ0n) is 14.4. The molecule has 1 aliphatic heterocycles. The van der Waals surface area contributed by atoms with Crippen molar-refractivity contribution in [3.05, 3.63) is 34.9 Å². The quantitative estimate of drug-likeness (QED) is 0.428. The number of hydrogen-bond acceptors (Lipinski definition) is 3. The van der Waals surface area contributed by atoms with E-state index in [0.717, 1.165) is 68.7 Å². The molecular formula is C18H28ClN3O2. The Balaban J connectivity index is 1.68. The number of halogens is 1. The van der Waals surface area contributed by atoms with Gasteiger partial charge in [-0.1, -0.05) is 29.8 Å². The van der Waals surface area contributed by atoms with Crippen LogP contribution in [0.25, 0.3) is 0 Å². The first-order valence-corrected chi connectivity index (χ1v) is 9.12. The van der Waals surface area contributed by atoms with Gasteiger partial charge in [-0.3, -0.25) is 0 Å². The fourth-order valence-electron chi connectivity index (χ4n) is 2.50. The van der Waals surface area contributed by atoms with E-state index in [1.54, 1.807) is 0 Å². The van der Waals surface area contributed by atoms with E-state index in [1.165, 1.54) is 0 Å². The van der Waals surface area contributed by atoms with Crippen LogP contribution in [0.5, 0.6) is 0 Å². The summed E-state index contributed by atoms with van der Waals surface area (Å²) in [6, 6.07) is 7.79. The molecule has 2 N–H and O–H groups in total. The van der Waals surface area contributed by atoms with Crippen LogP contribution in [0, 0.1) is 0 Å². The molecule has 1 aliphatic rings. The number of nitrogens with one attached hydrogen (secondary N) is 2. The number of guanidine groups is 1. The number of hydrogen-bond donors (Lipinski definition) is 2. The van der Waals surface area contributed by atoms with E-state index < -0.39 is 0 Å². The number of nitrogens with zero attached hydrogens (tertiary/aromatic N) is 1. The lowest BCUT2D eigenvalue weighted by molar-refractivity contribution is -0.0320. The summed E-state index contributed by atoms with van der Waals surface area (Å²) in [7, 11) is 0. The van der Waals surface area contributed by atoms with Gasteiger partial charge in [0.25, 0.3) is 0 Å². The molecule has 1 aromatic rings. The lowest BCUT2D eigenvalue weighted by Gasteiger charge is -2.22. The second kappa shape index (κ2) is 11.3. The highest BCUT2D eigenvalue weighted by atomic mass is 35.5. The number of ether oxygens (including phenoxy) is 2. The molecule has 5 nitrogen and oxygen atoms in total. The van der Waals surface area contributed by atoms with Gasteiger partial charge < -0.3 is 20.1 Å². The fraction of sp³-hybridized carbons (Fsp3) is 0.611. The Morgan fingerprint density at radius 1 is 1.29 bits per heavy atom. The fourth-order valence-corrected chi connectivity index (χ4v) is 2.70. The van der Waals surface area contributed by atoms with Gasteiger partial charge >= 0.3 is 0 Å². The van der Waals surface area contributed by atoms with Crippen molar-refractivity contribution >= 4 is 17.6 Å². The van der Waals surface area contributed by atoms with Crippen molar-refractivity contribution < 1.29 is 9.47 Å². The molecule has 0 atom stereocenters. The van der Waals surface area contributed by atoms with Gasteiger partial charge in [0, 0.05) is 37.9 Å². The van der Waals surface area contributed by atoms with Crippen molar-refractivity contribution in [2.45, 2.75) is 38.8 Å². The summed E-state index contributed by atoms with van der Waals surface area (Å²) in [5.41, 5.74) is 1.03. The van der Waals surface area contributed by atoms with E-state index in [2.05, 4.69) is 22.5 Å². The molecule has 0 spiro atoms. The molecule has 0 bridgehead atoms. The van der Waals surface area contributed by atoms with Crippen LogP contribution in [-0.4, -0.2) is 45.0 Å². The first-order chi connectivity index (χ1) is 11.8. The molecule has 0 amide bonds. The average molecular weight is 354 g/mol. The zero-order valence-corrected chi connectivity index (χ0v) is 15.1. The summed E-state index contributed by atoms with van der Waals surface area (Å²) < 4.78 is 11.2. The molecule has 0 unspecified atom stereocenters. The van der Waals surface area contributed by atoms with Crippen molar-refractivity contribution in [1.29, 1.82) is 0 Å². The summed E-state index contributed by atoms with van der Waals surface area (Å²) in [6.07, 6.45) is 3.33. The molecular weight excluding hydrogens is 326 g/mol. The van der Waals surface area contributed by atoms with Crippen LogP contribution in [0.4, 0.5) is 0 Å². The van der Waals surface area contributed by atoms with Gasteiger partial charge in [0.05, 0.1) is 12.6 Å². The van der Waals surface area contributed by atoms with E-state index in [4.69, 9.17) is 21.1 Å². The van der Waals surface area contributed by atoms with Gasteiger partial charge in [0.2, 0.25) is 0 Å². The Kier molecular flexibility index (Phi) is 8.95. The Bertz CT molecular complexity index is 505. The minimum absolute atomic E-state index is 0.362. The minimum atomic E-state index is 0.362. The summed E-state index contributed by atoms with van der Waals surface area (Å²) >= 11 is 6.17. The van der Waals surface area contributed by atoms with Crippen LogP contribution in [0.2, 0.25) is 5.02 Å². The molecule has 0 saturated carbocycles. The van der Waals surface area contributed by atoms with Crippen LogP contribution in [0.15, 0.2) is 29.3 Å². The van der Waals surface area contributed by atoms with Gasteiger partial charge in [-0.25, -0.2) is 4.99 Å². The third-order valence-corrected chi connectivity index (χ3v) is 4.21. The summed E-state index contributed by atoms with van der Waals surface area (Å²) in [5.74, 6) is 0.809. The Labute approximate surface area is 149 Å². The average Bonchev–Trinajstić information content (AvgIpc) is 2.61. The second-order valence-electron chi connectivity index (χ2n) is 5.75. The van der Waals surface area contributed by atoms with E-state index >= 15 is 0 Å². The highest BCUT2D eigenvalue weighted by molar-refractivity contribution is 6.31. The monoisotopic (exact) mass is 353 g/mol. The van der Waals surface area contributed by atoms with Crippen molar-refractivity contribution in [2.75, 3.05) is 32.9 Å². The van der Waals surface area contributed by atoms with Crippen molar-refractivity contribution in [3.63, 3.8) is 0 Å².